The minimum absolute atomic E-state index is 0.0369. The topological polar surface area (TPSA) is 60.9 Å². The van der Waals surface area contributed by atoms with Gasteiger partial charge >= 0.3 is 0 Å². The Morgan fingerprint density at radius 1 is 1.21 bits per heavy atom. The third kappa shape index (κ3) is 3.99. The van der Waals surface area contributed by atoms with E-state index in [0.717, 1.165) is 10.0 Å². The molecule has 0 unspecified atom stereocenters. The van der Waals surface area contributed by atoms with E-state index < -0.39 is 10.0 Å². The van der Waals surface area contributed by atoms with Crippen LogP contribution in [-0.4, -0.2) is 74.7 Å². The fourth-order valence-corrected chi connectivity index (χ4v) is 4.54. The summed E-state index contributed by atoms with van der Waals surface area (Å²) in [4.78, 5) is 16.0. The van der Waals surface area contributed by atoms with Crippen LogP contribution in [0.3, 0.4) is 0 Å². The molecule has 0 aromatic heterocycles. The summed E-state index contributed by atoms with van der Waals surface area (Å²) >= 11 is 3.39. The molecule has 1 atom stereocenters. The number of carbonyl (C=O) groups is 1. The normalized spacial score (nSPS) is 18.4. The van der Waals surface area contributed by atoms with Crippen LogP contribution in [0.15, 0.2) is 27.6 Å². The van der Waals surface area contributed by atoms with Gasteiger partial charge in [-0.3, -0.25) is 9.69 Å². The molecule has 2 rings (SSSR count). The molecule has 134 valence electrons. The highest BCUT2D eigenvalue weighted by atomic mass is 79.9. The van der Waals surface area contributed by atoms with Crippen LogP contribution in [0, 0.1) is 6.92 Å². The van der Waals surface area contributed by atoms with E-state index in [2.05, 4.69) is 15.9 Å². The molecule has 0 saturated carbocycles. The third-order valence-corrected chi connectivity index (χ3v) is 7.17. The van der Waals surface area contributed by atoms with E-state index in [9.17, 15) is 13.2 Å². The number of aryl methyl sites for hydroxylation is 1. The Hall–Kier alpha value is -0.960. The predicted molar refractivity (Wildman–Crippen MR) is 97.4 cm³/mol. The fourth-order valence-electron chi connectivity index (χ4n) is 2.79. The second-order valence-corrected chi connectivity index (χ2v) is 9.05. The van der Waals surface area contributed by atoms with E-state index in [1.54, 1.807) is 37.2 Å². The Morgan fingerprint density at radius 2 is 1.79 bits per heavy atom. The molecular weight excluding hydrogens is 394 g/mol. The number of halogens is 1. The van der Waals surface area contributed by atoms with Crippen LogP contribution in [-0.2, 0) is 14.8 Å². The zero-order valence-corrected chi connectivity index (χ0v) is 16.9. The molecule has 0 radical (unpaired) electrons. The molecule has 1 amide bonds. The number of benzene rings is 1. The number of piperazine rings is 1. The van der Waals surface area contributed by atoms with Crippen molar-refractivity contribution >= 4 is 31.9 Å². The van der Waals surface area contributed by atoms with Crippen molar-refractivity contribution in [2.24, 2.45) is 0 Å². The van der Waals surface area contributed by atoms with Gasteiger partial charge in [0.15, 0.2) is 0 Å². The van der Waals surface area contributed by atoms with Gasteiger partial charge in [0.25, 0.3) is 0 Å². The Kier molecular flexibility index (Phi) is 6.06. The van der Waals surface area contributed by atoms with Crippen molar-refractivity contribution in [1.82, 2.24) is 14.1 Å². The number of nitrogens with zero attached hydrogens (tertiary/aromatic N) is 3. The number of likely N-dealkylation sites (N-methyl/N-ethyl adjacent to an activating group) is 1. The van der Waals surface area contributed by atoms with Crippen molar-refractivity contribution in [1.29, 1.82) is 0 Å². The minimum atomic E-state index is -3.50. The zero-order chi connectivity index (χ0) is 18.1. The van der Waals surface area contributed by atoms with E-state index >= 15 is 0 Å². The van der Waals surface area contributed by atoms with Crippen LogP contribution in [0.25, 0.3) is 0 Å². The fraction of sp³-hybridized carbons (Fsp3) is 0.562. The highest BCUT2D eigenvalue weighted by Gasteiger charge is 2.32. The molecular formula is C16H24BrN3O3S. The molecule has 8 heteroatoms. The van der Waals surface area contributed by atoms with Gasteiger partial charge in [0.05, 0.1) is 10.9 Å². The lowest BCUT2D eigenvalue weighted by Crippen LogP contribution is -2.54. The number of carbonyl (C=O) groups excluding carboxylic acids is 1. The lowest BCUT2D eigenvalue weighted by molar-refractivity contribution is -0.134. The molecule has 0 N–H and O–H groups in total. The standard InChI is InChI=1S/C16H24BrN3O3S/c1-12-11-14(5-6-15(12)17)24(22,23)20-9-7-19(8-10-20)13(2)16(21)18(3)4/h5-6,11,13H,7-10H2,1-4H3/t13-/m1/s1. The second kappa shape index (κ2) is 7.51. The first kappa shape index (κ1) is 19.4. The molecule has 1 fully saturated rings. The number of rotatable bonds is 4. The quantitative estimate of drug-likeness (QED) is 0.745. The predicted octanol–water partition coefficient (Wildman–Crippen LogP) is 1.54. The average Bonchev–Trinajstić information content (AvgIpc) is 2.55. The summed E-state index contributed by atoms with van der Waals surface area (Å²) in [6, 6.07) is 4.83. The minimum Gasteiger partial charge on any atom is -0.347 e. The van der Waals surface area contributed by atoms with Crippen molar-refractivity contribution in [2.45, 2.75) is 24.8 Å². The van der Waals surface area contributed by atoms with Gasteiger partial charge in [-0.1, -0.05) is 15.9 Å². The molecule has 24 heavy (non-hydrogen) atoms. The maximum absolute atomic E-state index is 12.8. The summed E-state index contributed by atoms with van der Waals surface area (Å²) < 4.78 is 28.0. The molecule has 6 nitrogen and oxygen atoms in total. The molecule has 1 saturated heterocycles. The summed E-state index contributed by atoms with van der Waals surface area (Å²) in [7, 11) is -0.0334. The Morgan fingerprint density at radius 3 is 2.29 bits per heavy atom. The van der Waals surface area contributed by atoms with E-state index in [4.69, 9.17) is 0 Å². The van der Waals surface area contributed by atoms with E-state index in [1.807, 2.05) is 18.7 Å². The van der Waals surface area contributed by atoms with E-state index in [1.165, 1.54) is 4.31 Å². The first-order valence-corrected chi connectivity index (χ1v) is 10.1. The van der Waals surface area contributed by atoms with Crippen molar-refractivity contribution in [3.63, 3.8) is 0 Å². The molecule has 1 heterocycles. The highest BCUT2D eigenvalue weighted by Crippen LogP contribution is 2.23. The summed E-state index contributed by atoms with van der Waals surface area (Å²) in [5, 5.41) is 0. The van der Waals surface area contributed by atoms with Crippen LogP contribution >= 0.6 is 15.9 Å². The molecule has 1 aromatic carbocycles. The molecule has 0 spiro atoms. The first-order valence-electron chi connectivity index (χ1n) is 7.86. The van der Waals surface area contributed by atoms with Crippen LogP contribution in [0.2, 0.25) is 0 Å². The van der Waals surface area contributed by atoms with Crippen molar-refractivity contribution in [3.05, 3.63) is 28.2 Å². The average molecular weight is 418 g/mol. The monoisotopic (exact) mass is 417 g/mol. The van der Waals surface area contributed by atoms with E-state index in [-0.39, 0.29) is 11.9 Å². The SMILES string of the molecule is Cc1cc(S(=O)(=O)N2CCN([C@H](C)C(=O)N(C)C)CC2)ccc1Br. The lowest BCUT2D eigenvalue weighted by atomic mass is 10.2. The number of hydrogen-bond donors (Lipinski definition) is 0. The van der Waals surface area contributed by atoms with Crippen LogP contribution in [0.5, 0.6) is 0 Å². The summed E-state index contributed by atoms with van der Waals surface area (Å²) in [5.74, 6) is 0.0369. The van der Waals surface area contributed by atoms with Gasteiger partial charge in [0.1, 0.15) is 0 Å². The lowest BCUT2D eigenvalue weighted by Gasteiger charge is -2.37. The zero-order valence-electron chi connectivity index (χ0n) is 14.5. The van der Waals surface area contributed by atoms with Gasteiger partial charge in [0.2, 0.25) is 15.9 Å². The van der Waals surface area contributed by atoms with Gasteiger partial charge in [-0.2, -0.15) is 4.31 Å². The summed E-state index contributed by atoms with van der Waals surface area (Å²) in [6.07, 6.45) is 0. The van der Waals surface area contributed by atoms with Gasteiger partial charge in [0, 0.05) is 44.7 Å². The third-order valence-electron chi connectivity index (χ3n) is 4.39. The Balaban J connectivity index is 2.08. The molecule has 0 bridgehead atoms. The maximum Gasteiger partial charge on any atom is 0.243 e. The smallest absolute Gasteiger partial charge is 0.243 e. The Labute approximate surface area is 152 Å². The number of hydrogen-bond acceptors (Lipinski definition) is 4. The van der Waals surface area contributed by atoms with Gasteiger partial charge in [-0.15, -0.1) is 0 Å². The van der Waals surface area contributed by atoms with Crippen LogP contribution in [0.4, 0.5) is 0 Å². The molecule has 0 aliphatic carbocycles. The molecule has 1 aromatic rings. The Bertz CT molecular complexity index is 713. The summed E-state index contributed by atoms with van der Waals surface area (Å²) in [6.45, 7) is 5.62. The highest BCUT2D eigenvalue weighted by molar-refractivity contribution is 9.10. The van der Waals surface area contributed by atoms with Crippen molar-refractivity contribution in [3.8, 4) is 0 Å². The molecule has 1 aliphatic heterocycles. The second-order valence-electron chi connectivity index (χ2n) is 6.26. The van der Waals surface area contributed by atoms with Crippen LogP contribution < -0.4 is 0 Å². The van der Waals surface area contributed by atoms with Crippen molar-refractivity contribution in [2.75, 3.05) is 40.3 Å². The number of sulfonamides is 1. The molecule has 1 aliphatic rings. The maximum atomic E-state index is 12.8. The largest absolute Gasteiger partial charge is 0.347 e. The van der Waals surface area contributed by atoms with Gasteiger partial charge < -0.3 is 4.90 Å². The van der Waals surface area contributed by atoms with Crippen molar-refractivity contribution < 1.29 is 13.2 Å². The summed E-state index contributed by atoms with van der Waals surface area (Å²) in [5.41, 5.74) is 0.889. The van der Waals surface area contributed by atoms with Gasteiger partial charge in [-0.25, -0.2) is 8.42 Å². The van der Waals surface area contributed by atoms with Crippen LogP contribution in [0.1, 0.15) is 12.5 Å². The van der Waals surface area contributed by atoms with Gasteiger partial charge in [-0.05, 0) is 37.6 Å². The van der Waals surface area contributed by atoms with E-state index in [0.29, 0.717) is 31.1 Å². The number of amides is 1. The first-order chi connectivity index (χ1) is 11.1.